The number of nitrogens with one attached hydrogen (secondary N) is 3. The number of pyridine rings is 1. The van der Waals surface area contributed by atoms with Gasteiger partial charge in [0.2, 0.25) is 0 Å². The molecule has 2 aromatic heterocycles. The molecule has 2 aromatic carbocycles. The van der Waals surface area contributed by atoms with E-state index < -0.39 is 0 Å². The van der Waals surface area contributed by atoms with Crippen LogP contribution >= 0.6 is 0 Å². The molecule has 4 aromatic rings. The van der Waals surface area contributed by atoms with Gasteiger partial charge in [0.15, 0.2) is 6.61 Å². The topological polar surface area (TPSA) is 114 Å². The normalized spacial score (nSPS) is 15.9. The van der Waals surface area contributed by atoms with Gasteiger partial charge in [0, 0.05) is 12.1 Å². The van der Waals surface area contributed by atoms with E-state index in [9.17, 15) is 14.4 Å². The number of hydrogen-bond acceptors (Lipinski definition) is 5. The van der Waals surface area contributed by atoms with Crippen LogP contribution in [0, 0.1) is 6.92 Å². The smallest absolute Gasteiger partial charge is 0.270 e. The maximum absolute atomic E-state index is 13.4. The number of nitrogens with zero attached hydrogens (tertiary/aromatic N) is 2. The first-order chi connectivity index (χ1) is 18.0. The first-order valence-electron chi connectivity index (χ1n) is 12.2. The lowest BCUT2D eigenvalue weighted by Crippen LogP contribution is -2.30. The van der Waals surface area contributed by atoms with Crippen LogP contribution in [0.2, 0.25) is 0 Å². The third-order valence-corrected chi connectivity index (χ3v) is 6.87. The molecule has 186 valence electrons. The van der Waals surface area contributed by atoms with E-state index in [1.807, 2.05) is 31.2 Å². The van der Waals surface area contributed by atoms with E-state index in [1.54, 1.807) is 35.0 Å². The summed E-state index contributed by atoms with van der Waals surface area (Å²) in [5, 5.41) is 13.2. The third-order valence-electron chi connectivity index (χ3n) is 6.87. The summed E-state index contributed by atoms with van der Waals surface area (Å²) in [5.74, 6) is -0.224. The molecular formula is C28H25N5O4. The number of anilines is 1. The maximum Gasteiger partial charge on any atom is 0.270 e. The molecule has 9 nitrogen and oxygen atoms in total. The van der Waals surface area contributed by atoms with Gasteiger partial charge in [0.05, 0.1) is 23.4 Å². The number of ether oxygens (including phenoxy) is 1. The molecule has 0 saturated heterocycles. The van der Waals surface area contributed by atoms with Crippen molar-refractivity contribution in [2.24, 2.45) is 0 Å². The summed E-state index contributed by atoms with van der Waals surface area (Å²) in [7, 11) is 0. The second kappa shape index (κ2) is 9.09. The Morgan fingerprint density at radius 2 is 2.00 bits per heavy atom. The van der Waals surface area contributed by atoms with Crippen molar-refractivity contribution in [1.29, 1.82) is 0 Å². The molecule has 0 unspecified atom stereocenters. The van der Waals surface area contributed by atoms with Crippen LogP contribution in [0.3, 0.4) is 0 Å². The second-order valence-electron chi connectivity index (χ2n) is 9.37. The molecule has 0 spiro atoms. The minimum absolute atomic E-state index is 0.0112. The van der Waals surface area contributed by atoms with Crippen LogP contribution in [0.1, 0.15) is 55.6 Å². The molecular weight excluding hydrogens is 470 g/mol. The molecule has 0 bridgehead atoms. The molecule has 3 amide bonds. The van der Waals surface area contributed by atoms with Gasteiger partial charge < -0.3 is 20.7 Å². The zero-order valence-corrected chi connectivity index (χ0v) is 20.2. The van der Waals surface area contributed by atoms with E-state index in [2.05, 4.69) is 27.1 Å². The predicted molar refractivity (Wildman–Crippen MR) is 137 cm³/mol. The Hall–Kier alpha value is -4.66. The van der Waals surface area contributed by atoms with Gasteiger partial charge >= 0.3 is 0 Å². The maximum atomic E-state index is 13.4. The number of carbonyl (C=O) groups is 3. The summed E-state index contributed by atoms with van der Waals surface area (Å²) in [5.41, 5.74) is 5.97. The van der Waals surface area contributed by atoms with Gasteiger partial charge in [0.25, 0.3) is 17.7 Å². The molecule has 6 rings (SSSR count). The van der Waals surface area contributed by atoms with Crippen molar-refractivity contribution in [3.05, 3.63) is 94.3 Å². The van der Waals surface area contributed by atoms with Crippen LogP contribution in [0.4, 0.5) is 5.69 Å². The molecule has 0 fully saturated rings. The Kier molecular flexibility index (Phi) is 5.60. The number of hydrogen-bond donors (Lipinski definition) is 3. The molecule has 3 heterocycles. The average molecular weight is 496 g/mol. The Morgan fingerprint density at radius 3 is 2.89 bits per heavy atom. The van der Waals surface area contributed by atoms with Gasteiger partial charge in [0.1, 0.15) is 11.4 Å². The van der Waals surface area contributed by atoms with Gasteiger partial charge in [-0.3, -0.25) is 14.4 Å². The summed E-state index contributed by atoms with van der Waals surface area (Å²) >= 11 is 0. The molecule has 9 heteroatoms. The van der Waals surface area contributed by atoms with Crippen molar-refractivity contribution < 1.29 is 19.1 Å². The first-order valence-corrected chi connectivity index (χ1v) is 12.2. The van der Waals surface area contributed by atoms with Crippen molar-refractivity contribution in [2.75, 3.05) is 11.9 Å². The van der Waals surface area contributed by atoms with Gasteiger partial charge in [-0.2, -0.15) is 5.10 Å². The number of amides is 3. The van der Waals surface area contributed by atoms with E-state index in [0.29, 0.717) is 28.2 Å². The summed E-state index contributed by atoms with van der Waals surface area (Å²) in [6.07, 6.45) is 3.43. The van der Waals surface area contributed by atoms with Crippen molar-refractivity contribution in [1.82, 2.24) is 20.2 Å². The summed E-state index contributed by atoms with van der Waals surface area (Å²) in [4.78, 5) is 38.2. The van der Waals surface area contributed by atoms with Crippen LogP contribution in [-0.4, -0.2) is 33.9 Å². The fourth-order valence-corrected chi connectivity index (χ4v) is 4.96. The Balaban J connectivity index is 1.23. The van der Waals surface area contributed by atoms with Gasteiger partial charge in [-0.1, -0.05) is 30.3 Å². The fraction of sp³-hybridized carbons (Fsp3) is 0.214. The monoisotopic (exact) mass is 495 g/mol. The molecule has 1 aliphatic carbocycles. The summed E-state index contributed by atoms with van der Waals surface area (Å²) in [6, 6.07) is 16.7. The van der Waals surface area contributed by atoms with Crippen LogP contribution in [0.15, 0.2) is 60.8 Å². The Morgan fingerprint density at radius 1 is 1.14 bits per heavy atom. The molecule has 0 radical (unpaired) electrons. The molecule has 1 atom stereocenters. The highest BCUT2D eigenvalue weighted by Gasteiger charge is 2.26. The highest BCUT2D eigenvalue weighted by atomic mass is 16.5. The lowest BCUT2D eigenvalue weighted by Gasteiger charge is -2.18. The van der Waals surface area contributed by atoms with Crippen molar-refractivity contribution in [3.8, 4) is 5.75 Å². The van der Waals surface area contributed by atoms with E-state index in [-0.39, 0.29) is 36.9 Å². The van der Waals surface area contributed by atoms with Gasteiger partial charge in [-0.15, -0.1) is 0 Å². The number of rotatable bonds is 5. The van der Waals surface area contributed by atoms with Gasteiger partial charge in [-0.25, -0.2) is 4.52 Å². The number of aryl methyl sites for hydroxylation is 2. The summed E-state index contributed by atoms with van der Waals surface area (Å²) in [6.45, 7) is 2.12. The standard InChI is InChI=1S/C28H25N5O4/c1-16-13-30-33-23(16)11-19(12-24(33)28(36)32-21-8-7-18-4-2-3-5-20(18)21)27(35)29-14-17-6-9-25-22(10-17)31-26(34)15-37-25/h2-6,9-13,21H,7-8,14-15H2,1H3,(H,29,35)(H,31,34)(H,32,36)/t21-/m0/s1. The van der Waals surface area contributed by atoms with E-state index in [4.69, 9.17) is 4.74 Å². The van der Waals surface area contributed by atoms with E-state index in [1.165, 1.54) is 5.56 Å². The molecule has 3 N–H and O–H groups in total. The number of benzene rings is 2. The summed E-state index contributed by atoms with van der Waals surface area (Å²) < 4.78 is 6.96. The SMILES string of the molecule is Cc1cnn2c(C(=O)N[C@H]3CCc4ccccc43)cc(C(=O)NCc3ccc4c(c3)NC(=O)CO4)cc12. The van der Waals surface area contributed by atoms with Crippen LogP contribution < -0.4 is 20.7 Å². The highest BCUT2D eigenvalue weighted by Crippen LogP contribution is 2.31. The largest absolute Gasteiger partial charge is 0.482 e. The molecule has 1 aliphatic heterocycles. The molecule has 0 saturated carbocycles. The number of fused-ring (bicyclic) bond motifs is 3. The van der Waals surface area contributed by atoms with Gasteiger partial charge in [-0.05, 0) is 66.3 Å². The first kappa shape index (κ1) is 22.8. The Bertz CT molecular complexity index is 1570. The molecule has 37 heavy (non-hydrogen) atoms. The van der Waals surface area contributed by atoms with Crippen molar-refractivity contribution in [2.45, 2.75) is 32.4 Å². The average Bonchev–Trinajstić information content (AvgIpc) is 3.49. The second-order valence-corrected chi connectivity index (χ2v) is 9.37. The lowest BCUT2D eigenvalue weighted by atomic mass is 10.1. The zero-order valence-electron chi connectivity index (χ0n) is 20.2. The number of aromatic nitrogens is 2. The lowest BCUT2D eigenvalue weighted by molar-refractivity contribution is -0.118. The third kappa shape index (κ3) is 4.29. The van der Waals surface area contributed by atoms with Crippen LogP contribution in [-0.2, 0) is 17.8 Å². The van der Waals surface area contributed by atoms with E-state index in [0.717, 1.165) is 29.5 Å². The van der Waals surface area contributed by atoms with Crippen LogP contribution in [0.5, 0.6) is 5.75 Å². The Labute approximate surface area is 212 Å². The van der Waals surface area contributed by atoms with E-state index >= 15 is 0 Å². The van der Waals surface area contributed by atoms with Crippen molar-refractivity contribution in [3.63, 3.8) is 0 Å². The number of carbonyl (C=O) groups excluding carboxylic acids is 3. The highest BCUT2D eigenvalue weighted by molar-refractivity contribution is 6.00. The fourth-order valence-electron chi connectivity index (χ4n) is 4.96. The zero-order chi connectivity index (χ0) is 25.5. The minimum Gasteiger partial charge on any atom is -0.482 e. The van der Waals surface area contributed by atoms with Crippen LogP contribution in [0.25, 0.3) is 5.52 Å². The predicted octanol–water partition coefficient (Wildman–Crippen LogP) is 3.32. The quantitative estimate of drug-likeness (QED) is 0.393. The van der Waals surface area contributed by atoms with Crippen molar-refractivity contribution >= 4 is 28.9 Å². The molecule has 2 aliphatic rings. The minimum atomic E-state index is -0.318.